The minimum absolute atomic E-state index is 0.277. The largest absolute Gasteiger partial charge is 0.360 e. The van der Waals surface area contributed by atoms with Gasteiger partial charge in [-0.3, -0.25) is 0 Å². The molecule has 0 radical (unpaired) electrons. The van der Waals surface area contributed by atoms with Crippen LogP contribution in [0.3, 0.4) is 0 Å². The van der Waals surface area contributed by atoms with Crippen molar-refractivity contribution >= 4 is 46.2 Å². The lowest BCUT2D eigenvalue weighted by atomic mass is 10.2. The summed E-state index contributed by atoms with van der Waals surface area (Å²) in [5, 5.41) is 7.90. The summed E-state index contributed by atoms with van der Waals surface area (Å²) >= 11 is 17.2. The Bertz CT molecular complexity index is 405. The molecular weight excluding hydrogens is 263 g/mol. The van der Waals surface area contributed by atoms with E-state index < -0.39 is 0 Å². The lowest BCUT2D eigenvalue weighted by Crippen LogP contribution is -2.33. The van der Waals surface area contributed by atoms with Crippen molar-refractivity contribution in [3.63, 3.8) is 0 Å². The molecule has 0 amide bonds. The van der Waals surface area contributed by atoms with Crippen LogP contribution in [0.25, 0.3) is 0 Å². The first kappa shape index (κ1) is 13.6. The van der Waals surface area contributed by atoms with Crippen molar-refractivity contribution in [3.05, 3.63) is 27.7 Å². The molecule has 0 bridgehead atoms. The van der Waals surface area contributed by atoms with Gasteiger partial charge in [-0.25, -0.2) is 0 Å². The second-order valence-corrected chi connectivity index (χ2v) is 5.06. The number of rotatable bonds is 2. The van der Waals surface area contributed by atoms with Crippen molar-refractivity contribution in [2.45, 2.75) is 26.8 Å². The lowest BCUT2D eigenvalue weighted by Gasteiger charge is -2.14. The Morgan fingerprint density at radius 3 is 2.44 bits per heavy atom. The average molecular weight is 277 g/mol. The molecule has 5 heteroatoms. The van der Waals surface area contributed by atoms with Gasteiger partial charge in [0.1, 0.15) is 0 Å². The first-order valence-corrected chi connectivity index (χ1v) is 6.09. The summed E-state index contributed by atoms with van der Waals surface area (Å²) in [7, 11) is 0. The van der Waals surface area contributed by atoms with E-state index in [1.54, 1.807) is 6.07 Å². The van der Waals surface area contributed by atoms with Gasteiger partial charge in [-0.2, -0.15) is 0 Å². The van der Waals surface area contributed by atoms with Crippen molar-refractivity contribution in [3.8, 4) is 0 Å². The lowest BCUT2D eigenvalue weighted by molar-refractivity contribution is 0.739. The Morgan fingerprint density at radius 2 is 1.88 bits per heavy atom. The van der Waals surface area contributed by atoms with Gasteiger partial charge in [-0.05, 0) is 50.7 Å². The molecule has 0 atom stereocenters. The molecule has 0 aliphatic heterocycles. The normalized spacial score (nSPS) is 10.4. The zero-order valence-electron chi connectivity index (χ0n) is 9.40. The highest BCUT2D eigenvalue weighted by Gasteiger charge is 2.06. The standard InChI is InChI=1S/C11H14Cl2N2S/c1-6(2)14-11(16)15-10-5-8(12)7(3)4-9(10)13/h4-6H,1-3H3,(H2,14,15,16). The quantitative estimate of drug-likeness (QED) is 0.799. The van der Waals surface area contributed by atoms with Crippen LogP contribution in [0.2, 0.25) is 10.0 Å². The maximum Gasteiger partial charge on any atom is 0.171 e. The van der Waals surface area contributed by atoms with Gasteiger partial charge < -0.3 is 10.6 Å². The Morgan fingerprint density at radius 1 is 1.25 bits per heavy atom. The van der Waals surface area contributed by atoms with E-state index in [0.717, 1.165) is 11.3 Å². The number of benzene rings is 1. The van der Waals surface area contributed by atoms with Gasteiger partial charge >= 0.3 is 0 Å². The fourth-order valence-electron chi connectivity index (χ4n) is 1.16. The molecule has 88 valence electrons. The highest BCUT2D eigenvalue weighted by atomic mass is 35.5. The first-order chi connectivity index (χ1) is 7.40. The van der Waals surface area contributed by atoms with Crippen LogP contribution in [-0.4, -0.2) is 11.2 Å². The predicted molar refractivity (Wildman–Crippen MR) is 75.7 cm³/mol. The summed E-state index contributed by atoms with van der Waals surface area (Å²) in [6.07, 6.45) is 0. The maximum absolute atomic E-state index is 6.07. The van der Waals surface area contributed by atoms with Crippen LogP contribution in [0.1, 0.15) is 19.4 Å². The van der Waals surface area contributed by atoms with Crippen molar-refractivity contribution in [2.24, 2.45) is 0 Å². The third-order valence-electron chi connectivity index (χ3n) is 1.92. The molecular formula is C11H14Cl2N2S. The third kappa shape index (κ3) is 3.81. The molecule has 0 aliphatic carbocycles. The molecule has 1 aromatic rings. The maximum atomic E-state index is 6.07. The Labute approximate surface area is 111 Å². The second-order valence-electron chi connectivity index (χ2n) is 3.83. The van der Waals surface area contributed by atoms with Crippen LogP contribution in [0.15, 0.2) is 12.1 Å². The van der Waals surface area contributed by atoms with Crippen LogP contribution in [0.4, 0.5) is 5.69 Å². The van der Waals surface area contributed by atoms with Gasteiger partial charge in [0.2, 0.25) is 0 Å². The van der Waals surface area contributed by atoms with E-state index in [-0.39, 0.29) is 6.04 Å². The zero-order chi connectivity index (χ0) is 12.3. The topological polar surface area (TPSA) is 24.1 Å². The van der Waals surface area contributed by atoms with Crippen molar-refractivity contribution in [1.82, 2.24) is 5.32 Å². The van der Waals surface area contributed by atoms with Gasteiger partial charge in [-0.1, -0.05) is 23.2 Å². The van der Waals surface area contributed by atoms with Gasteiger partial charge in [0.25, 0.3) is 0 Å². The van der Waals surface area contributed by atoms with Crippen LogP contribution < -0.4 is 10.6 Å². The number of aryl methyl sites for hydroxylation is 1. The van der Waals surface area contributed by atoms with E-state index in [1.165, 1.54) is 0 Å². The smallest absolute Gasteiger partial charge is 0.171 e. The molecule has 2 N–H and O–H groups in total. The summed E-state index contributed by atoms with van der Waals surface area (Å²) in [6.45, 7) is 5.93. The van der Waals surface area contributed by atoms with E-state index >= 15 is 0 Å². The first-order valence-electron chi connectivity index (χ1n) is 4.93. The summed E-state index contributed by atoms with van der Waals surface area (Å²) in [4.78, 5) is 0. The number of hydrogen-bond acceptors (Lipinski definition) is 1. The van der Waals surface area contributed by atoms with Gasteiger partial charge in [0, 0.05) is 11.1 Å². The molecule has 0 heterocycles. The Kier molecular flexibility index (Phi) is 4.84. The molecule has 0 fully saturated rings. The highest BCUT2D eigenvalue weighted by Crippen LogP contribution is 2.28. The molecule has 0 aliphatic rings. The van der Waals surface area contributed by atoms with E-state index in [1.807, 2.05) is 26.8 Å². The van der Waals surface area contributed by atoms with Gasteiger partial charge in [-0.15, -0.1) is 0 Å². The third-order valence-corrected chi connectivity index (χ3v) is 2.86. The molecule has 0 saturated carbocycles. The van der Waals surface area contributed by atoms with Crippen LogP contribution in [-0.2, 0) is 0 Å². The van der Waals surface area contributed by atoms with Crippen molar-refractivity contribution in [1.29, 1.82) is 0 Å². The van der Waals surface area contributed by atoms with E-state index in [4.69, 9.17) is 35.4 Å². The monoisotopic (exact) mass is 276 g/mol. The molecule has 1 rings (SSSR count). The summed E-state index contributed by atoms with van der Waals surface area (Å²) in [5.74, 6) is 0. The van der Waals surface area contributed by atoms with Crippen LogP contribution in [0.5, 0.6) is 0 Å². The SMILES string of the molecule is Cc1cc(Cl)c(NC(=S)NC(C)C)cc1Cl. The minimum atomic E-state index is 0.277. The summed E-state index contributed by atoms with van der Waals surface area (Å²) in [5.41, 5.74) is 1.66. The molecule has 1 aromatic carbocycles. The van der Waals surface area contributed by atoms with Crippen molar-refractivity contribution in [2.75, 3.05) is 5.32 Å². The number of thiocarbonyl (C=S) groups is 1. The van der Waals surface area contributed by atoms with Crippen LogP contribution in [0, 0.1) is 6.92 Å². The molecule has 0 spiro atoms. The molecule has 0 saturated heterocycles. The highest BCUT2D eigenvalue weighted by molar-refractivity contribution is 7.80. The van der Waals surface area contributed by atoms with Gasteiger partial charge in [0.15, 0.2) is 5.11 Å². The zero-order valence-corrected chi connectivity index (χ0v) is 11.7. The fourth-order valence-corrected chi connectivity index (χ4v) is 1.94. The molecule has 2 nitrogen and oxygen atoms in total. The molecule has 0 aromatic heterocycles. The predicted octanol–water partition coefficient (Wildman–Crippen LogP) is 4.00. The Balaban J connectivity index is 2.81. The number of hydrogen-bond donors (Lipinski definition) is 2. The number of halogens is 2. The van der Waals surface area contributed by atoms with E-state index in [2.05, 4.69) is 10.6 Å². The number of anilines is 1. The molecule has 0 unspecified atom stereocenters. The Hall–Kier alpha value is -0.510. The van der Waals surface area contributed by atoms with Crippen LogP contribution >= 0.6 is 35.4 Å². The summed E-state index contributed by atoms with van der Waals surface area (Å²) in [6, 6.07) is 3.86. The average Bonchev–Trinajstić information content (AvgIpc) is 2.12. The number of nitrogens with one attached hydrogen (secondary N) is 2. The fraction of sp³-hybridized carbons (Fsp3) is 0.364. The van der Waals surface area contributed by atoms with Gasteiger partial charge in [0.05, 0.1) is 10.7 Å². The van der Waals surface area contributed by atoms with E-state index in [0.29, 0.717) is 15.2 Å². The second kappa shape index (κ2) is 5.71. The molecule has 16 heavy (non-hydrogen) atoms. The summed E-state index contributed by atoms with van der Waals surface area (Å²) < 4.78 is 0. The van der Waals surface area contributed by atoms with E-state index in [9.17, 15) is 0 Å². The minimum Gasteiger partial charge on any atom is -0.360 e. The van der Waals surface area contributed by atoms with Crippen molar-refractivity contribution < 1.29 is 0 Å².